The van der Waals surface area contributed by atoms with Gasteiger partial charge in [0.05, 0.1) is 5.69 Å². The van der Waals surface area contributed by atoms with Gasteiger partial charge in [-0.1, -0.05) is 19.8 Å². The van der Waals surface area contributed by atoms with Crippen LogP contribution in [-0.2, 0) is 6.54 Å². The van der Waals surface area contributed by atoms with Crippen molar-refractivity contribution in [2.75, 3.05) is 0 Å². The van der Waals surface area contributed by atoms with Crippen LogP contribution in [0.4, 0.5) is 0 Å². The average molecular weight is 283 g/mol. The molecule has 1 fully saturated rings. The minimum absolute atomic E-state index is 0.689. The highest BCUT2D eigenvalue weighted by Crippen LogP contribution is 2.23. The molecular weight excluding hydrogens is 264 g/mol. The van der Waals surface area contributed by atoms with Crippen molar-refractivity contribution < 1.29 is 0 Å². The van der Waals surface area contributed by atoms with Gasteiger partial charge in [-0.05, 0) is 46.8 Å². The molecule has 1 aliphatic carbocycles. The van der Waals surface area contributed by atoms with Crippen LogP contribution >= 0.6 is 15.9 Å². The van der Waals surface area contributed by atoms with E-state index in [2.05, 4.69) is 39.2 Å². The van der Waals surface area contributed by atoms with Gasteiger partial charge in [-0.2, -0.15) is 0 Å². The molecule has 0 saturated heterocycles. The fraction of sp³-hybridized carbons (Fsp3) is 0.615. The van der Waals surface area contributed by atoms with E-state index in [1.807, 2.05) is 12.3 Å². The number of nitrogens with zero attached hydrogens (tertiary/aromatic N) is 1. The number of hydrogen-bond acceptors (Lipinski definition) is 2. The van der Waals surface area contributed by atoms with Crippen molar-refractivity contribution in [3.8, 4) is 0 Å². The highest BCUT2D eigenvalue weighted by Gasteiger charge is 2.17. The lowest BCUT2D eigenvalue weighted by Crippen LogP contribution is -2.33. The van der Waals surface area contributed by atoms with E-state index >= 15 is 0 Å². The van der Waals surface area contributed by atoms with E-state index in [0.29, 0.717) is 6.04 Å². The van der Waals surface area contributed by atoms with E-state index in [1.54, 1.807) is 0 Å². The first-order valence-corrected chi connectivity index (χ1v) is 6.87. The molecule has 0 aliphatic heterocycles. The third-order valence-electron chi connectivity index (χ3n) is 3.30. The smallest absolute Gasteiger partial charge is 0.0542 e. The highest BCUT2D eigenvalue weighted by atomic mass is 79.9. The summed E-state index contributed by atoms with van der Waals surface area (Å²) >= 11 is 3.40. The lowest BCUT2D eigenvalue weighted by molar-refractivity contribution is 0.300. The molecule has 1 saturated carbocycles. The van der Waals surface area contributed by atoms with E-state index < -0.39 is 0 Å². The molecule has 2 unspecified atom stereocenters. The Morgan fingerprint density at radius 1 is 1.44 bits per heavy atom. The van der Waals surface area contributed by atoms with Crippen molar-refractivity contribution in [3.05, 3.63) is 28.5 Å². The molecule has 1 aromatic heterocycles. The number of nitrogens with one attached hydrogen (secondary N) is 1. The van der Waals surface area contributed by atoms with E-state index in [1.165, 1.54) is 25.7 Å². The van der Waals surface area contributed by atoms with Crippen molar-refractivity contribution in [3.63, 3.8) is 0 Å². The number of hydrogen-bond donors (Lipinski definition) is 1. The van der Waals surface area contributed by atoms with Crippen LogP contribution in [0.3, 0.4) is 0 Å². The molecule has 0 bridgehead atoms. The Bertz CT molecular complexity index is 323. The van der Waals surface area contributed by atoms with Gasteiger partial charge in [0.15, 0.2) is 0 Å². The van der Waals surface area contributed by atoms with Gasteiger partial charge in [0.2, 0.25) is 0 Å². The van der Waals surface area contributed by atoms with Gasteiger partial charge in [0, 0.05) is 23.3 Å². The molecule has 2 atom stereocenters. The third-order valence-corrected chi connectivity index (χ3v) is 3.77. The van der Waals surface area contributed by atoms with E-state index in [-0.39, 0.29) is 0 Å². The SMILES string of the molecule is CC1CCCC(NCc2ccc(Br)cn2)C1. The quantitative estimate of drug-likeness (QED) is 0.918. The maximum absolute atomic E-state index is 4.37. The summed E-state index contributed by atoms with van der Waals surface area (Å²) in [7, 11) is 0. The molecule has 88 valence electrons. The molecular formula is C13H19BrN2. The molecule has 3 heteroatoms. The second kappa shape index (κ2) is 5.78. The standard InChI is InChI=1S/C13H19BrN2/c1-10-3-2-4-12(7-10)16-9-13-6-5-11(14)8-15-13/h5-6,8,10,12,16H,2-4,7,9H2,1H3. The van der Waals surface area contributed by atoms with Gasteiger partial charge >= 0.3 is 0 Å². The van der Waals surface area contributed by atoms with Crippen LogP contribution in [0.1, 0.15) is 38.3 Å². The molecule has 16 heavy (non-hydrogen) atoms. The summed E-state index contributed by atoms with van der Waals surface area (Å²) in [6, 6.07) is 4.81. The summed E-state index contributed by atoms with van der Waals surface area (Å²) in [6.07, 6.45) is 7.26. The first-order chi connectivity index (χ1) is 7.74. The lowest BCUT2D eigenvalue weighted by atomic mass is 9.87. The molecule has 1 aliphatic rings. The number of rotatable bonds is 3. The fourth-order valence-electron chi connectivity index (χ4n) is 2.38. The Labute approximate surface area is 106 Å². The first-order valence-electron chi connectivity index (χ1n) is 6.08. The van der Waals surface area contributed by atoms with Crippen LogP contribution in [-0.4, -0.2) is 11.0 Å². The van der Waals surface area contributed by atoms with Crippen LogP contribution in [0.5, 0.6) is 0 Å². The van der Waals surface area contributed by atoms with E-state index in [4.69, 9.17) is 0 Å². The Kier molecular flexibility index (Phi) is 4.36. The van der Waals surface area contributed by atoms with Crippen LogP contribution in [0.2, 0.25) is 0 Å². The molecule has 1 N–H and O–H groups in total. The Morgan fingerprint density at radius 3 is 3.00 bits per heavy atom. The Balaban J connectivity index is 1.80. The zero-order valence-corrected chi connectivity index (χ0v) is 11.3. The molecule has 0 radical (unpaired) electrons. The van der Waals surface area contributed by atoms with Gasteiger partial charge in [0.25, 0.3) is 0 Å². The molecule has 0 spiro atoms. The van der Waals surface area contributed by atoms with Crippen molar-refractivity contribution in [2.45, 2.75) is 45.2 Å². The summed E-state index contributed by atoms with van der Waals surface area (Å²) in [4.78, 5) is 4.37. The Hall–Kier alpha value is -0.410. The highest BCUT2D eigenvalue weighted by molar-refractivity contribution is 9.10. The predicted octanol–water partition coefficient (Wildman–Crippen LogP) is 3.51. The number of halogens is 1. The minimum atomic E-state index is 0.689. The minimum Gasteiger partial charge on any atom is -0.308 e. The monoisotopic (exact) mass is 282 g/mol. The molecule has 1 heterocycles. The van der Waals surface area contributed by atoms with Crippen LogP contribution in [0, 0.1) is 5.92 Å². The second-order valence-corrected chi connectivity index (χ2v) is 5.73. The summed E-state index contributed by atoms with van der Waals surface area (Å²) < 4.78 is 1.04. The zero-order valence-electron chi connectivity index (χ0n) is 9.75. The van der Waals surface area contributed by atoms with Crippen LogP contribution in [0.15, 0.2) is 22.8 Å². The lowest BCUT2D eigenvalue weighted by Gasteiger charge is -2.27. The zero-order chi connectivity index (χ0) is 11.4. The Morgan fingerprint density at radius 2 is 2.31 bits per heavy atom. The number of pyridine rings is 1. The summed E-state index contributed by atoms with van der Waals surface area (Å²) in [5.41, 5.74) is 1.13. The topological polar surface area (TPSA) is 24.9 Å². The first kappa shape index (κ1) is 12.1. The van der Waals surface area contributed by atoms with E-state index in [0.717, 1.165) is 22.6 Å². The fourth-order valence-corrected chi connectivity index (χ4v) is 2.61. The van der Waals surface area contributed by atoms with Crippen molar-refractivity contribution in [1.29, 1.82) is 0 Å². The molecule has 1 aromatic rings. The summed E-state index contributed by atoms with van der Waals surface area (Å²) in [5, 5.41) is 3.61. The van der Waals surface area contributed by atoms with Gasteiger partial charge < -0.3 is 5.32 Å². The summed E-state index contributed by atoms with van der Waals surface area (Å²) in [6.45, 7) is 3.25. The van der Waals surface area contributed by atoms with Gasteiger partial charge in [-0.3, -0.25) is 4.98 Å². The van der Waals surface area contributed by atoms with Crippen LogP contribution in [0.25, 0.3) is 0 Å². The van der Waals surface area contributed by atoms with Gasteiger partial charge in [-0.15, -0.1) is 0 Å². The predicted molar refractivity (Wildman–Crippen MR) is 70.2 cm³/mol. The van der Waals surface area contributed by atoms with Crippen molar-refractivity contribution in [2.24, 2.45) is 5.92 Å². The molecule has 2 rings (SSSR count). The third kappa shape index (κ3) is 3.56. The van der Waals surface area contributed by atoms with Crippen molar-refractivity contribution >= 4 is 15.9 Å². The maximum atomic E-state index is 4.37. The molecule has 0 aromatic carbocycles. The average Bonchev–Trinajstić information content (AvgIpc) is 2.28. The largest absolute Gasteiger partial charge is 0.308 e. The number of aromatic nitrogens is 1. The maximum Gasteiger partial charge on any atom is 0.0542 e. The van der Waals surface area contributed by atoms with E-state index in [9.17, 15) is 0 Å². The van der Waals surface area contributed by atoms with Crippen molar-refractivity contribution in [1.82, 2.24) is 10.3 Å². The molecule has 2 nitrogen and oxygen atoms in total. The second-order valence-electron chi connectivity index (χ2n) is 4.82. The summed E-state index contributed by atoms with van der Waals surface area (Å²) in [5.74, 6) is 0.879. The normalized spacial score (nSPS) is 25.6. The molecule has 0 amide bonds. The van der Waals surface area contributed by atoms with Gasteiger partial charge in [0.1, 0.15) is 0 Å². The van der Waals surface area contributed by atoms with Gasteiger partial charge in [-0.25, -0.2) is 0 Å². The van der Waals surface area contributed by atoms with Crippen LogP contribution < -0.4 is 5.32 Å².